The summed E-state index contributed by atoms with van der Waals surface area (Å²) < 4.78 is 39.2. The number of fused-ring (bicyclic) bond motifs is 1. The Kier molecular flexibility index (Phi) is 4.96. The minimum Gasteiger partial charge on any atom is -0.369 e. The van der Waals surface area contributed by atoms with Crippen molar-refractivity contribution in [1.29, 1.82) is 0 Å². The van der Waals surface area contributed by atoms with Crippen molar-refractivity contribution in [3.05, 3.63) is 53.9 Å². The average Bonchev–Trinajstić information content (AvgIpc) is 3.52. The number of nitrogens with one attached hydrogen (secondary N) is 1. The van der Waals surface area contributed by atoms with Gasteiger partial charge in [-0.15, -0.1) is 0 Å². The number of hydrogen-bond donors (Lipinski definition) is 1. The lowest BCUT2D eigenvalue weighted by atomic mass is 10.0. The average molecular weight is 385 g/mol. The Morgan fingerprint density at radius 2 is 1.82 bits per heavy atom. The molecule has 1 aromatic heterocycles. The molecule has 3 nitrogen and oxygen atoms in total. The third-order valence-corrected chi connectivity index (χ3v) is 5.00. The van der Waals surface area contributed by atoms with Crippen LogP contribution in [-0.2, 0) is 6.18 Å². The van der Waals surface area contributed by atoms with Crippen molar-refractivity contribution in [2.45, 2.75) is 44.7 Å². The minimum atomic E-state index is -4.36. The molecular weight excluding hydrogens is 363 g/mol. The second kappa shape index (κ2) is 7.41. The van der Waals surface area contributed by atoms with Crippen LogP contribution in [0.5, 0.6) is 0 Å². The summed E-state index contributed by atoms with van der Waals surface area (Å²) in [7, 11) is 0. The minimum absolute atomic E-state index is 0.430. The zero-order valence-corrected chi connectivity index (χ0v) is 15.7. The highest BCUT2D eigenvalue weighted by atomic mass is 19.4. The number of halogens is 3. The van der Waals surface area contributed by atoms with Gasteiger partial charge >= 0.3 is 6.18 Å². The molecule has 146 valence electrons. The molecule has 6 heteroatoms. The van der Waals surface area contributed by atoms with E-state index in [1.54, 1.807) is 6.07 Å². The molecule has 0 atom stereocenters. The molecule has 1 N–H and O–H groups in total. The van der Waals surface area contributed by atoms with E-state index in [0.29, 0.717) is 11.5 Å². The van der Waals surface area contributed by atoms with E-state index in [0.717, 1.165) is 66.4 Å². The van der Waals surface area contributed by atoms with Crippen molar-refractivity contribution in [1.82, 2.24) is 9.97 Å². The van der Waals surface area contributed by atoms with E-state index in [-0.39, 0.29) is 0 Å². The largest absolute Gasteiger partial charge is 0.416 e. The second-order valence-corrected chi connectivity index (χ2v) is 7.30. The molecule has 0 saturated heterocycles. The van der Waals surface area contributed by atoms with Gasteiger partial charge in [-0.3, -0.25) is 0 Å². The molecule has 0 spiro atoms. The van der Waals surface area contributed by atoms with Crippen molar-refractivity contribution in [3.8, 4) is 11.1 Å². The van der Waals surface area contributed by atoms with Gasteiger partial charge in [0.2, 0.25) is 0 Å². The second-order valence-electron chi connectivity index (χ2n) is 7.30. The van der Waals surface area contributed by atoms with Gasteiger partial charge in [0, 0.05) is 17.8 Å². The molecule has 3 aromatic rings. The van der Waals surface area contributed by atoms with Gasteiger partial charge in [-0.2, -0.15) is 13.2 Å². The van der Waals surface area contributed by atoms with Crippen LogP contribution in [0.2, 0.25) is 0 Å². The highest BCUT2D eigenvalue weighted by molar-refractivity contribution is 5.92. The summed E-state index contributed by atoms with van der Waals surface area (Å²) in [6, 6.07) is 11.0. The predicted octanol–water partition coefficient (Wildman–Crippen LogP) is 6.41. The number of aromatic nitrogens is 2. The summed E-state index contributed by atoms with van der Waals surface area (Å²) in [5, 5.41) is 4.24. The molecule has 1 aliphatic carbocycles. The Balaban J connectivity index is 1.77. The zero-order valence-electron chi connectivity index (χ0n) is 15.7. The van der Waals surface area contributed by atoms with Gasteiger partial charge in [0.1, 0.15) is 11.6 Å². The van der Waals surface area contributed by atoms with Gasteiger partial charge in [-0.05, 0) is 54.7 Å². The van der Waals surface area contributed by atoms with Crippen LogP contribution in [0.3, 0.4) is 0 Å². The Bertz CT molecular complexity index is 994. The Morgan fingerprint density at radius 1 is 1.04 bits per heavy atom. The third-order valence-electron chi connectivity index (χ3n) is 5.00. The normalized spacial score (nSPS) is 14.4. The fourth-order valence-electron chi connectivity index (χ4n) is 3.24. The Morgan fingerprint density at radius 3 is 2.54 bits per heavy atom. The first-order valence-electron chi connectivity index (χ1n) is 9.69. The van der Waals surface area contributed by atoms with E-state index in [1.165, 1.54) is 12.1 Å². The topological polar surface area (TPSA) is 37.8 Å². The van der Waals surface area contributed by atoms with Gasteiger partial charge in [0.25, 0.3) is 0 Å². The lowest BCUT2D eigenvalue weighted by Gasteiger charge is -2.13. The highest BCUT2D eigenvalue weighted by Gasteiger charge is 2.30. The summed E-state index contributed by atoms with van der Waals surface area (Å²) in [4.78, 5) is 9.41. The zero-order chi connectivity index (χ0) is 19.7. The molecule has 0 bridgehead atoms. The number of nitrogens with zero attached hydrogens (tertiary/aromatic N) is 2. The van der Waals surface area contributed by atoms with Crippen LogP contribution in [0.1, 0.15) is 49.9 Å². The molecule has 2 aromatic carbocycles. The van der Waals surface area contributed by atoms with E-state index in [2.05, 4.69) is 17.2 Å². The first-order valence-corrected chi connectivity index (χ1v) is 9.69. The van der Waals surface area contributed by atoms with Crippen LogP contribution in [0.15, 0.2) is 42.5 Å². The molecule has 1 fully saturated rings. The fourth-order valence-corrected chi connectivity index (χ4v) is 3.24. The maximum absolute atomic E-state index is 13.1. The van der Waals surface area contributed by atoms with E-state index in [1.807, 2.05) is 18.2 Å². The third kappa shape index (κ3) is 3.96. The maximum Gasteiger partial charge on any atom is 0.416 e. The summed E-state index contributed by atoms with van der Waals surface area (Å²) >= 11 is 0. The molecular formula is C22H22F3N3. The highest BCUT2D eigenvalue weighted by Crippen LogP contribution is 2.40. The predicted molar refractivity (Wildman–Crippen MR) is 105 cm³/mol. The van der Waals surface area contributed by atoms with Gasteiger partial charge in [-0.25, -0.2) is 9.97 Å². The van der Waals surface area contributed by atoms with Gasteiger partial charge in [-0.1, -0.05) is 31.5 Å². The first kappa shape index (κ1) is 18.7. The van der Waals surface area contributed by atoms with Crippen LogP contribution < -0.4 is 5.32 Å². The van der Waals surface area contributed by atoms with Gasteiger partial charge in [0.05, 0.1) is 11.1 Å². The van der Waals surface area contributed by atoms with Crippen molar-refractivity contribution in [3.63, 3.8) is 0 Å². The van der Waals surface area contributed by atoms with Crippen molar-refractivity contribution >= 4 is 16.7 Å². The lowest BCUT2D eigenvalue weighted by Crippen LogP contribution is -2.06. The van der Waals surface area contributed by atoms with E-state index in [9.17, 15) is 13.2 Å². The molecule has 1 aliphatic rings. The number of unbranched alkanes of at least 4 members (excludes halogenated alkanes) is 1. The number of hydrogen-bond acceptors (Lipinski definition) is 3. The number of rotatable bonds is 6. The van der Waals surface area contributed by atoms with Crippen molar-refractivity contribution < 1.29 is 13.2 Å². The van der Waals surface area contributed by atoms with Crippen LogP contribution in [0.25, 0.3) is 22.0 Å². The van der Waals surface area contributed by atoms with E-state index < -0.39 is 11.7 Å². The van der Waals surface area contributed by atoms with Crippen LogP contribution in [0.4, 0.5) is 19.0 Å². The van der Waals surface area contributed by atoms with Gasteiger partial charge in [0.15, 0.2) is 0 Å². The van der Waals surface area contributed by atoms with Crippen LogP contribution >= 0.6 is 0 Å². The van der Waals surface area contributed by atoms with Crippen LogP contribution in [-0.4, -0.2) is 16.5 Å². The van der Waals surface area contributed by atoms with Crippen molar-refractivity contribution in [2.24, 2.45) is 0 Å². The SMILES string of the molecule is CCCCNc1nc(C2CC2)nc2ccc(-c3cccc(C(F)(F)F)c3)cc12. The summed E-state index contributed by atoms with van der Waals surface area (Å²) in [6.07, 6.45) is -0.0367. The number of benzene rings is 2. The first-order chi connectivity index (χ1) is 13.5. The molecule has 4 rings (SSSR count). The van der Waals surface area contributed by atoms with E-state index >= 15 is 0 Å². The monoisotopic (exact) mass is 385 g/mol. The lowest BCUT2D eigenvalue weighted by molar-refractivity contribution is -0.137. The smallest absolute Gasteiger partial charge is 0.369 e. The van der Waals surface area contributed by atoms with Crippen molar-refractivity contribution in [2.75, 3.05) is 11.9 Å². The Hall–Kier alpha value is -2.63. The fraction of sp³-hybridized carbons (Fsp3) is 0.364. The van der Waals surface area contributed by atoms with Gasteiger partial charge < -0.3 is 5.32 Å². The summed E-state index contributed by atoms with van der Waals surface area (Å²) in [5.41, 5.74) is 1.43. The quantitative estimate of drug-likeness (QED) is 0.499. The molecule has 1 heterocycles. The number of anilines is 1. The molecule has 1 saturated carbocycles. The molecule has 0 amide bonds. The molecule has 28 heavy (non-hydrogen) atoms. The molecule has 0 aliphatic heterocycles. The Labute approximate surface area is 162 Å². The van der Waals surface area contributed by atoms with E-state index in [4.69, 9.17) is 4.98 Å². The standard InChI is InChI=1S/C22H22F3N3/c1-2-3-11-26-21-18-13-16(15-5-4-6-17(12-15)22(23,24)25)9-10-19(18)27-20(28-21)14-7-8-14/h4-6,9-10,12-14H,2-3,7-8,11H2,1H3,(H,26,27,28). The molecule has 0 radical (unpaired) electrons. The summed E-state index contributed by atoms with van der Waals surface area (Å²) in [6.45, 7) is 2.93. The maximum atomic E-state index is 13.1. The van der Waals surface area contributed by atoms with Crippen LogP contribution in [0, 0.1) is 0 Å². The summed E-state index contributed by atoms with van der Waals surface area (Å²) in [5.74, 6) is 2.06. The molecule has 0 unspecified atom stereocenters. The number of alkyl halides is 3.